The summed E-state index contributed by atoms with van der Waals surface area (Å²) >= 11 is 1.23. The number of halogens is 1. The second-order valence-corrected chi connectivity index (χ2v) is 5.77. The van der Waals surface area contributed by atoms with E-state index in [0.717, 1.165) is 0 Å². The third kappa shape index (κ3) is 3.32. The Morgan fingerprint density at radius 3 is 2.74 bits per heavy atom. The number of carbonyl (C=O) groups excluding carboxylic acids is 1. The lowest BCUT2D eigenvalue weighted by Crippen LogP contribution is -2.28. The summed E-state index contributed by atoms with van der Waals surface area (Å²) < 4.78 is 13.8. The minimum Gasteiger partial charge on any atom is -0.287 e. The first-order valence-electron chi connectivity index (χ1n) is 7.14. The van der Waals surface area contributed by atoms with E-state index in [9.17, 15) is 9.18 Å². The molecule has 1 saturated heterocycles. The molecule has 1 aliphatic rings. The van der Waals surface area contributed by atoms with Crippen molar-refractivity contribution in [2.75, 3.05) is 6.54 Å². The lowest BCUT2D eigenvalue weighted by molar-refractivity contribution is -0.122. The van der Waals surface area contributed by atoms with Crippen molar-refractivity contribution in [1.29, 1.82) is 0 Å². The molecule has 2 heterocycles. The van der Waals surface area contributed by atoms with Crippen LogP contribution in [-0.4, -0.2) is 27.5 Å². The number of carbonyl (C=O) groups is 1. The summed E-state index contributed by atoms with van der Waals surface area (Å²) in [5.41, 5.74) is 0.387. The number of nitrogens with zero attached hydrogens (tertiary/aromatic N) is 3. The van der Waals surface area contributed by atoms with Crippen LogP contribution in [0.1, 0.15) is 12.5 Å². The molecule has 1 aromatic heterocycles. The number of amides is 1. The molecule has 4 nitrogen and oxygen atoms in total. The first kappa shape index (κ1) is 15.4. The molecule has 0 N–H and O–H groups in total. The Morgan fingerprint density at radius 1 is 1.26 bits per heavy atom. The van der Waals surface area contributed by atoms with E-state index < -0.39 is 0 Å². The molecular weight excluding hydrogens is 313 g/mol. The SMILES string of the molecule is CCN1C(=O)/C(=C/c2ccccc2F)S/C1=N/c1ccccn1. The van der Waals surface area contributed by atoms with Crippen LogP contribution in [0.3, 0.4) is 0 Å². The van der Waals surface area contributed by atoms with Gasteiger partial charge in [-0.3, -0.25) is 9.69 Å². The normalized spacial score (nSPS) is 18.2. The Balaban J connectivity index is 1.95. The van der Waals surface area contributed by atoms with Gasteiger partial charge in [0.1, 0.15) is 5.82 Å². The molecule has 1 aliphatic heterocycles. The molecule has 1 fully saturated rings. The largest absolute Gasteiger partial charge is 0.287 e. The van der Waals surface area contributed by atoms with E-state index in [1.165, 1.54) is 17.8 Å². The topological polar surface area (TPSA) is 45.6 Å². The Morgan fingerprint density at radius 2 is 2.04 bits per heavy atom. The molecule has 0 bridgehead atoms. The van der Waals surface area contributed by atoms with Crippen LogP contribution in [0, 0.1) is 5.82 Å². The highest BCUT2D eigenvalue weighted by Gasteiger charge is 2.32. The van der Waals surface area contributed by atoms with Gasteiger partial charge in [0.05, 0.1) is 4.91 Å². The summed E-state index contributed by atoms with van der Waals surface area (Å²) in [5, 5.41) is 0.554. The fourth-order valence-corrected chi connectivity index (χ4v) is 3.16. The monoisotopic (exact) mass is 327 g/mol. The maximum Gasteiger partial charge on any atom is 0.266 e. The third-order valence-corrected chi connectivity index (χ3v) is 4.26. The molecule has 0 unspecified atom stereocenters. The first-order chi connectivity index (χ1) is 11.2. The molecular formula is C17H14FN3OS. The second-order valence-electron chi connectivity index (χ2n) is 4.76. The zero-order valence-electron chi connectivity index (χ0n) is 12.4. The van der Waals surface area contributed by atoms with Gasteiger partial charge in [0.25, 0.3) is 5.91 Å². The number of thioether (sulfide) groups is 1. The van der Waals surface area contributed by atoms with Crippen LogP contribution < -0.4 is 0 Å². The first-order valence-corrected chi connectivity index (χ1v) is 7.96. The van der Waals surface area contributed by atoms with E-state index in [1.54, 1.807) is 47.5 Å². The fraction of sp³-hybridized carbons (Fsp3) is 0.118. The summed E-state index contributed by atoms with van der Waals surface area (Å²) in [6.45, 7) is 2.37. The molecule has 3 rings (SSSR count). The van der Waals surface area contributed by atoms with Crippen molar-refractivity contribution in [1.82, 2.24) is 9.88 Å². The van der Waals surface area contributed by atoms with Crippen LogP contribution in [0.15, 0.2) is 58.6 Å². The predicted molar refractivity (Wildman–Crippen MR) is 90.7 cm³/mol. The quantitative estimate of drug-likeness (QED) is 0.805. The summed E-state index contributed by atoms with van der Waals surface area (Å²) in [7, 11) is 0. The van der Waals surface area contributed by atoms with Crippen molar-refractivity contribution in [2.24, 2.45) is 4.99 Å². The van der Waals surface area contributed by atoms with Crippen molar-refractivity contribution < 1.29 is 9.18 Å². The zero-order valence-corrected chi connectivity index (χ0v) is 13.3. The molecule has 1 amide bonds. The average Bonchev–Trinajstić information content (AvgIpc) is 2.85. The maximum absolute atomic E-state index is 13.8. The molecule has 0 spiro atoms. The summed E-state index contributed by atoms with van der Waals surface area (Å²) in [6.07, 6.45) is 3.21. The van der Waals surface area contributed by atoms with Crippen LogP contribution in [0.5, 0.6) is 0 Å². The third-order valence-electron chi connectivity index (χ3n) is 3.26. The number of aromatic nitrogens is 1. The van der Waals surface area contributed by atoms with E-state index in [2.05, 4.69) is 9.98 Å². The van der Waals surface area contributed by atoms with Crippen LogP contribution in [0.4, 0.5) is 10.2 Å². The van der Waals surface area contributed by atoms with Gasteiger partial charge in [-0.15, -0.1) is 0 Å². The Kier molecular flexibility index (Phi) is 4.52. The number of hydrogen-bond donors (Lipinski definition) is 0. The van der Waals surface area contributed by atoms with Gasteiger partial charge >= 0.3 is 0 Å². The van der Waals surface area contributed by atoms with Crippen molar-refractivity contribution >= 4 is 34.7 Å². The predicted octanol–water partition coefficient (Wildman–Crippen LogP) is 3.84. The highest BCUT2D eigenvalue weighted by molar-refractivity contribution is 8.18. The molecule has 0 radical (unpaired) electrons. The van der Waals surface area contributed by atoms with E-state index in [0.29, 0.717) is 28.0 Å². The number of benzene rings is 1. The minimum atomic E-state index is -0.355. The Labute approximate surface area is 137 Å². The molecule has 1 aromatic carbocycles. The van der Waals surface area contributed by atoms with E-state index >= 15 is 0 Å². The van der Waals surface area contributed by atoms with Crippen molar-refractivity contribution in [2.45, 2.75) is 6.92 Å². The summed E-state index contributed by atoms with van der Waals surface area (Å²) in [5.74, 6) is 0.00962. The smallest absolute Gasteiger partial charge is 0.266 e. The van der Waals surface area contributed by atoms with Crippen LogP contribution in [0.25, 0.3) is 6.08 Å². The second kappa shape index (κ2) is 6.75. The van der Waals surface area contributed by atoms with Crippen molar-refractivity contribution in [3.63, 3.8) is 0 Å². The Bertz CT molecular complexity index is 789. The van der Waals surface area contributed by atoms with Gasteiger partial charge in [-0.25, -0.2) is 14.4 Å². The summed E-state index contributed by atoms with van der Waals surface area (Å²) in [6, 6.07) is 11.8. The van der Waals surface area contributed by atoms with E-state index in [1.807, 2.05) is 13.0 Å². The van der Waals surface area contributed by atoms with E-state index in [-0.39, 0.29) is 11.7 Å². The van der Waals surface area contributed by atoms with Crippen molar-refractivity contribution in [3.8, 4) is 0 Å². The van der Waals surface area contributed by atoms with Crippen LogP contribution in [0.2, 0.25) is 0 Å². The van der Waals surface area contributed by atoms with Gasteiger partial charge in [-0.2, -0.15) is 0 Å². The molecule has 116 valence electrons. The molecule has 2 aromatic rings. The van der Waals surface area contributed by atoms with Crippen LogP contribution in [-0.2, 0) is 4.79 Å². The highest BCUT2D eigenvalue weighted by atomic mass is 32.2. The molecule has 0 atom stereocenters. The molecule has 6 heteroatoms. The number of aliphatic imine (C=N–C) groups is 1. The Hall–Kier alpha value is -2.47. The number of pyridine rings is 1. The zero-order chi connectivity index (χ0) is 16.2. The number of likely N-dealkylation sites (N-methyl/N-ethyl adjacent to an activating group) is 1. The molecule has 0 saturated carbocycles. The maximum atomic E-state index is 13.8. The number of hydrogen-bond acceptors (Lipinski definition) is 4. The lowest BCUT2D eigenvalue weighted by Gasteiger charge is -2.11. The van der Waals surface area contributed by atoms with Gasteiger partial charge in [-0.1, -0.05) is 24.3 Å². The van der Waals surface area contributed by atoms with Gasteiger partial charge in [0.15, 0.2) is 11.0 Å². The fourth-order valence-electron chi connectivity index (χ4n) is 2.12. The number of amidine groups is 1. The van der Waals surface area contributed by atoms with Gasteiger partial charge in [-0.05, 0) is 43.0 Å². The molecule has 23 heavy (non-hydrogen) atoms. The van der Waals surface area contributed by atoms with Crippen LogP contribution >= 0.6 is 11.8 Å². The van der Waals surface area contributed by atoms with Gasteiger partial charge < -0.3 is 0 Å². The molecule has 0 aliphatic carbocycles. The lowest BCUT2D eigenvalue weighted by atomic mass is 10.2. The minimum absolute atomic E-state index is 0.171. The standard InChI is InChI=1S/C17H14FN3OS/c1-2-21-16(22)14(11-12-7-3-4-8-13(12)18)23-17(21)20-15-9-5-6-10-19-15/h3-11H,2H2,1H3/b14-11-,20-17+. The van der Waals surface area contributed by atoms with Crippen molar-refractivity contribution in [3.05, 3.63) is 64.9 Å². The van der Waals surface area contributed by atoms with Gasteiger partial charge in [0, 0.05) is 18.3 Å². The highest BCUT2D eigenvalue weighted by Crippen LogP contribution is 2.33. The number of rotatable bonds is 3. The summed E-state index contributed by atoms with van der Waals surface area (Å²) in [4.78, 5) is 23.0. The average molecular weight is 327 g/mol. The van der Waals surface area contributed by atoms with E-state index in [4.69, 9.17) is 0 Å². The van der Waals surface area contributed by atoms with Gasteiger partial charge in [0.2, 0.25) is 0 Å².